The van der Waals surface area contributed by atoms with Crippen LogP contribution >= 0.6 is 11.6 Å². The van der Waals surface area contributed by atoms with Crippen LogP contribution < -0.4 is 0 Å². The molecule has 0 bridgehead atoms. The van der Waals surface area contributed by atoms with Gasteiger partial charge in [-0.05, 0) is 17.2 Å². The zero-order chi connectivity index (χ0) is 12.0. The Morgan fingerprint density at radius 2 is 2.00 bits per heavy atom. The molecule has 0 spiro atoms. The fraction of sp³-hybridized carbons (Fsp3) is 0.182. The second-order valence-electron chi connectivity index (χ2n) is 2.97. The lowest BCUT2D eigenvalue weighted by Gasteiger charge is -2.02. The molecular formula is C11H9ClF2O2. The summed E-state index contributed by atoms with van der Waals surface area (Å²) in [5.41, 5.74) is 0.780. The van der Waals surface area contributed by atoms with Crippen LogP contribution in [0.4, 0.5) is 8.78 Å². The van der Waals surface area contributed by atoms with E-state index in [0.29, 0.717) is 6.08 Å². The molecule has 0 heterocycles. The van der Waals surface area contributed by atoms with Crippen LogP contribution in [0, 0.1) is 0 Å². The van der Waals surface area contributed by atoms with Gasteiger partial charge in [0.25, 0.3) is 0 Å². The standard InChI is InChI=1S/C11H9ClF2O2/c12-11(13,14)7-6-10(15)16-8-9-4-2-1-3-5-9/h1-7H,8H2/b7-6+. The van der Waals surface area contributed by atoms with Gasteiger partial charge in [-0.2, -0.15) is 8.78 Å². The quantitative estimate of drug-likeness (QED) is 0.464. The molecule has 0 amide bonds. The van der Waals surface area contributed by atoms with Gasteiger partial charge in [-0.1, -0.05) is 30.3 Å². The Kier molecular flexibility index (Phi) is 4.43. The first-order chi connectivity index (χ1) is 7.47. The van der Waals surface area contributed by atoms with E-state index in [0.717, 1.165) is 5.56 Å². The number of rotatable bonds is 4. The lowest BCUT2D eigenvalue weighted by atomic mass is 10.2. The summed E-state index contributed by atoms with van der Waals surface area (Å²) in [6.45, 7) is 0.0396. The first-order valence-corrected chi connectivity index (χ1v) is 4.82. The number of carbonyl (C=O) groups excluding carboxylic acids is 1. The van der Waals surface area contributed by atoms with E-state index in [1.807, 2.05) is 6.07 Å². The lowest BCUT2D eigenvalue weighted by Crippen LogP contribution is -2.04. The molecule has 0 saturated carbocycles. The zero-order valence-corrected chi connectivity index (χ0v) is 8.95. The highest BCUT2D eigenvalue weighted by Crippen LogP contribution is 2.19. The summed E-state index contributed by atoms with van der Waals surface area (Å²) in [6, 6.07) is 8.90. The summed E-state index contributed by atoms with van der Waals surface area (Å²) in [5, 5.41) is -3.52. The Hall–Kier alpha value is -1.42. The molecule has 0 N–H and O–H groups in total. The van der Waals surface area contributed by atoms with E-state index in [9.17, 15) is 13.6 Å². The number of benzene rings is 1. The van der Waals surface area contributed by atoms with Crippen LogP contribution in [0.2, 0.25) is 0 Å². The molecule has 0 aromatic heterocycles. The van der Waals surface area contributed by atoms with Crippen molar-refractivity contribution in [1.82, 2.24) is 0 Å². The number of carbonyl (C=O) groups is 1. The Labute approximate surface area is 96.5 Å². The minimum atomic E-state index is -3.52. The monoisotopic (exact) mass is 246 g/mol. The van der Waals surface area contributed by atoms with Gasteiger partial charge in [-0.15, -0.1) is 0 Å². The lowest BCUT2D eigenvalue weighted by molar-refractivity contribution is -0.139. The number of ether oxygens (including phenoxy) is 1. The maximum atomic E-state index is 12.1. The second kappa shape index (κ2) is 5.61. The van der Waals surface area contributed by atoms with Gasteiger partial charge in [-0.25, -0.2) is 4.79 Å². The third-order valence-electron chi connectivity index (χ3n) is 1.63. The highest BCUT2D eigenvalue weighted by atomic mass is 35.5. The van der Waals surface area contributed by atoms with Crippen molar-refractivity contribution in [2.24, 2.45) is 0 Å². The molecule has 0 radical (unpaired) electrons. The van der Waals surface area contributed by atoms with Crippen molar-refractivity contribution >= 4 is 17.6 Å². The van der Waals surface area contributed by atoms with Crippen LogP contribution in [0.3, 0.4) is 0 Å². The first-order valence-electron chi connectivity index (χ1n) is 4.44. The van der Waals surface area contributed by atoms with Crippen molar-refractivity contribution in [1.29, 1.82) is 0 Å². The summed E-state index contributed by atoms with van der Waals surface area (Å²) in [5.74, 6) is -0.857. The molecule has 0 unspecified atom stereocenters. The molecule has 16 heavy (non-hydrogen) atoms. The van der Waals surface area contributed by atoms with Crippen molar-refractivity contribution in [3.8, 4) is 0 Å². The maximum Gasteiger partial charge on any atom is 0.341 e. The average Bonchev–Trinajstić information content (AvgIpc) is 2.24. The van der Waals surface area contributed by atoms with Gasteiger partial charge in [0.15, 0.2) is 0 Å². The van der Waals surface area contributed by atoms with E-state index in [1.165, 1.54) is 0 Å². The van der Waals surface area contributed by atoms with Crippen LogP contribution in [0.15, 0.2) is 42.5 Å². The Morgan fingerprint density at radius 1 is 1.38 bits per heavy atom. The third kappa shape index (κ3) is 5.46. The normalized spacial score (nSPS) is 11.7. The van der Waals surface area contributed by atoms with Crippen molar-refractivity contribution in [3.63, 3.8) is 0 Å². The molecule has 0 atom stereocenters. The van der Waals surface area contributed by atoms with Gasteiger partial charge >= 0.3 is 11.4 Å². The highest BCUT2D eigenvalue weighted by molar-refractivity contribution is 6.23. The minimum absolute atomic E-state index is 0.0396. The van der Waals surface area contributed by atoms with Gasteiger partial charge in [-0.3, -0.25) is 0 Å². The van der Waals surface area contributed by atoms with Crippen LogP contribution in [0.5, 0.6) is 0 Å². The largest absolute Gasteiger partial charge is 0.458 e. The molecule has 1 rings (SSSR count). The Balaban J connectivity index is 2.40. The molecule has 0 aliphatic carbocycles. The van der Waals surface area contributed by atoms with Crippen molar-refractivity contribution < 1.29 is 18.3 Å². The van der Waals surface area contributed by atoms with E-state index in [1.54, 1.807) is 24.3 Å². The fourth-order valence-electron chi connectivity index (χ4n) is 0.939. The summed E-state index contributed by atoms with van der Waals surface area (Å²) in [6.07, 6.45) is 0.887. The van der Waals surface area contributed by atoms with Crippen LogP contribution in [0.25, 0.3) is 0 Å². The Morgan fingerprint density at radius 3 is 2.56 bits per heavy atom. The van der Waals surface area contributed by atoms with Crippen LogP contribution in [-0.4, -0.2) is 11.4 Å². The summed E-state index contributed by atoms with van der Waals surface area (Å²) < 4.78 is 28.9. The number of esters is 1. The molecule has 1 aromatic carbocycles. The van der Waals surface area contributed by atoms with Gasteiger partial charge in [0, 0.05) is 12.2 Å². The SMILES string of the molecule is O=C(/C=C/C(F)(F)Cl)OCc1ccccc1. The second-order valence-corrected chi connectivity index (χ2v) is 3.47. The van der Waals surface area contributed by atoms with Crippen molar-refractivity contribution in [3.05, 3.63) is 48.0 Å². The molecule has 2 nitrogen and oxygen atoms in total. The number of allylic oxidation sites excluding steroid dienone is 1. The molecule has 0 aliphatic heterocycles. The molecule has 0 aliphatic rings. The number of hydrogen-bond acceptors (Lipinski definition) is 2. The average molecular weight is 247 g/mol. The van der Waals surface area contributed by atoms with Crippen molar-refractivity contribution in [2.45, 2.75) is 12.0 Å². The fourth-order valence-corrected chi connectivity index (χ4v) is 1.00. The van der Waals surface area contributed by atoms with Crippen LogP contribution in [0.1, 0.15) is 5.56 Å². The predicted octanol–water partition coefficient (Wildman–Crippen LogP) is 3.12. The van der Waals surface area contributed by atoms with E-state index in [2.05, 4.69) is 11.6 Å². The smallest absolute Gasteiger partial charge is 0.341 e. The molecule has 5 heteroatoms. The topological polar surface area (TPSA) is 26.3 Å². The highest BCUT2D eigenvalue weighted by Gasteiger charge is 2.19. The predicted molar refractivity (Wildman–Crippen MR) is 56.2 cm³/mol. The summed E-state index contributed by atoms with van der Waals surface area (Å²) >= 11 is 4.57. The van der Waals surface area contributed by atoms with Gasteiger partial charge in [0.05, 0.1) is 0 Å². The maximum absolute atomic E-state index is 12.1. The van der Waals surface area contributed by atoms with Gasteiger partial charge in [0.2, 0.25) is 0 Å². The van der Waals surface area contributed by atoms with E-state index >= 15 is 0 Å². The zero-order valence-electron chi connectivity index (χ0n) is 8.20. The molecule has 1 aromatic rings. The molecule has 86 valence electrons. The van der Waals surface area contributed by atoms with Gasteiger partial charge < -0.3 is 4.74 Å². The van der Waals surface area contributed by atoms with Crippen LogP contribution in [-0.2, 0) is 16.1 Å². The Bertz CT molecular complexity index is 371. The summed E-state index contributed by atoms with van der Waals surface area (Å²) in [7, 11) is 0. The molecule has 0 saturated heterocycles. The number of alkyl halides is 3. The molecule has 0 fully saturated rings. The number of hydrogen-bond donors (Lipinski definition) is 0. The summed E-state index contributed by atoms with van der Waals surface area (Å²) in [4.78, 5) is 11.0. The minimum Gasteiger partial charge on any atom is -0.458 e. The number of halogens is 3. The van der Waals surface area contributed by atoms with E-state index in [-0.39, 0.29) is 12.7 Å². The van der Waals surface area contributed by atoms with Gasteiger partial charge in [0.1, 0.15) is 6.61 Å². The van der Waals surface area contributed by atoms with Crippen molar-refractivity contribution in [2.75, 3.05) is 0 Å². The molecular weight excluding hydrogens is 238 g/mol. The third-order valence-corrected chi connectivity index (χ3v) is 1.76. The van der Waals surface area contributed by atoms with E-state index in [4.69, 9.17) is 4.74 Å². The first kappa shape index (κ1) is 12.6. The van der Waals surface area contributed by atoms with E-state index < -0.39 is 11.4 Å².